The van der Waals surface area contributed by atoms with Crippen LogP contribution in [0.4, 0.5) is 5.13 Å². The van der Waals surface area contributed by atoms with Gasteiger partial charge in [-0.2, -0.15) is 0 Å². The molecule has 0 bridgehead atoms. The van der Waals surface area contributed by atoms with Gasteiger partial charge in [-0.15, -0.1) is 10.2 Å². The van der Waals surface area contributed by atoms with Gasteiger partial charge >= 0.3 is 0 Å². The van der Waals surface area contributed by atoms with Crippen molar-refractivity contribution in [2.75, 3.05) is 5.32 Å². The van der Waals surface area contributed by atoms with Crippen LogP contribution in [0.25, 0.3) is 10.6 Å². The van der Waals surface area contributed by atoms with E-state index in [0.717, 1.165) is 21.7 Å². The van der Waals surface area contributed by atoms with Crippen molar-refractivity contribution >= 4 is 28.3 Å². The molecule has 3 rings (SSSR count). The van der Waals surface area contributed by atoms with Gasteiger partial charge in [-0.25, -0.2) is 0 Å². The fraction of sp³-hybridized carbons (Fsp3) is 0.273. The minimum absolute atomic E-state index is 0.0906. The molecule has 2 amide bonds. The van der Waals surface area contributed by atoms with Crippen LogP contribution in [0.2, 0.25) is 0 Å². The van der Waals surface area contributed by atoms with Gasteiger partial charge in [-0.3, -0.25) is 14.9 Å². The van der Waals surface area contributed by atoms with Crippen LogP contribution >= 0.6 is 11.3 Å². The fourth-order valence-corrected chi connectivity index (χ4v) is 3.68. The highest BCUT2D eigenvalue weighted by Crippen LogP contribution is 2.27. The van der Waals surface area contributed by atoms with E-state index in [4.69, 9.17) is 0 Å². The number of amides is 2. The van der Waals surface area contributed by atoms with Crippen molar-refractivity contribution < 1.29 is 9.59 Å². The van der Waals surface area contributed by atoms with E-state index < -0.39 is 6.04 Å². The maximum atomic E-state index is 12.8. The van der Waals surface area contributed by atoms with Gasteiger partial charge in [-0.05, 0) is 37.5 Å². The second-order valence-electron chi connectivity index (χ2n) is 7.28. The van der Waals surface area contributed by atoms with Gasteiger partial charge in [0.2, 0.25) is 11.0 Å². The van der Waals surface area contributed by atoms with E-state index in [-0.39, 0.29) is 17.7 Å². The number of benzene rings is 2. The highest BCUT2D eigenvalue weighted by atomic mass is 32.1. The minimum Gasteiger partial charge on any atom is -0.340 e. The fourth-order valence-electron chi connectivity index (χ4n) is 2.93. The molecule has 0 aliphatic carbocycles. The molecule has 2 N–H and O–H groups in total. The van der Waals surface area contributed by atoms with Crippen molar-refractivity contribution in [3.8, 4) is 10.6 Å². The molecule has 150 valence electrons. The first-order chi connectivity index (χ1) is 13.8. The number of carbonyl (C=O) groups excluding carboxylic acids is 2. The predicted molar refractivity (Wildman–Crippen MR) is 116 cm³/mol. The van der Waals surface area contributed by atoms with E-state index in [1.807, 2.05) is 64.1 Å². The monoisotopic (exact) mass is 408 g/mol. The largest absolute Gasteiger partial charge is 0.340 e. The summed E-state index contributed by atoms with van der Waals surface area (Å²) in [6, 6.07) is 14.6. The lowest BCUT2D eigenvalue weighted by Gasteiger charge is -2.21. The van der Waals surface area contributed by atoms with Crippen molar-refractivity contribution in [2.45, 2.75) is 33.7 Å². The summed E-state index contributed by atoms with van der Waals surface area (Å²) in [5, 5.41) is 15.0. The Bertz CT molecular complexity index is 1030. The Balaban J connectivity index is 1.72. The van der Waals surface area contributed by atoms with Crippen LogP contribution in [0.3, 0.4) is 0 Å². The van der Waals surface area contributed by atoms with E-state index in [9.17, 15) is 9.59 Å². The lowest BCUT2D eigenvalue weighted by atomic mass is 10.0. The highest BCUT2D eigenvalue weighted by Gasteiger charge is 2.26. The standard InChI is InChI=1S/C22H24N4O2S/c1-13(2)18(23-19(27)17-11-6-5-9-15(17)4)20(28)24-22-26-25-21(29-22)16-10-7-8-14(3)12-16/h5-13,18H,1-4H3,(H,23,27)(H,24,26,28). The molecule has 0 fully saturated rings. The van der Waals surface area contributed by atoms with E-state index in [1.54, 1.807) is 12.1 Å². The van der Waals surface area contributed by atoms with Crippen molar-refractivity contribution in [1.82, 2.24) is 15.5 Å². The Kier molecular flexibility index (Phi) is 6.39. The zero-order valence-corrected chi connectivity index (χ0v) is 17.7. The van der Waals surface area contributed by atoms with E-state index in [0.29, 0.717) is 10.7 Å². The Morgan fingerprint density at radius 3 is 2.45 bits per heavy atom. The van der Waals surface area contributed by atoms with Crippen LogP contribution in [0, 0.1) is 19.8 Å². The second kappa shape index (κ2) is 8.96. The molecule has 7 heteroatoms. The molecule has 0 aliphatic heterocycles. The van der Waals surface area contributed by atoms with Crippen LogP contribution in [-0.4, -0.2) is 28.1 Å². The number of aromatic nitrogens is 2. The first kappa shape index (κ1) is 20.7. The summed E-state index contributed by atoms with van der Waals surface area (Å²) in [7, 11) is 0. The van der Waals surface area contributed by atoms with Gasteiger partial charge in [0, 0.05) is 11.1 Å². The third-order valence-corrected chi connectivity index (χ3v) is 5.43. The lowest BCUT2D eigenvalue weighted by Crippen LogP contribution is -2.47. The third kappa shape index (κ3) is 5.06. The molecule has 0 spiro atoms. The Morgan fingerprint density at radius 1 is 1.00 bits per heavy atom. The van der Waals surface area contributed by atoms with Crippen molar-refractivity contribution in [1.29, 1.82) is 0 Å². The van der Waals surface area contributed by atoms with Crippen molar-refractivity contribution in [3.63, 3.8) is 0 Å². The summed E-state index contributed by atoms with van der Waals surface area (Å²) in [5.41, 5.74) is 3.50. The quantitative estimate of drug-likeness (QED) is 0.640. The number of aryl methyl sites for hydroxylation is 2. The summed E-state index contributed by atoms with van der Waals surface area (Å²) >= 11 is 1.30. The number of nitrogens with one attached hydrogen (secondary N) is 2. The molecule has 1 heterocycles. The van der Waals surface area contributed by atoms with E-state index >= 15 is 0 Å². The van der Waals surface area contributed by atoms with Crippen LogP contribution in [0.5, 0.6) is 0 Å². The summed E-state index contributed by atoms with van der Waals surface area (Å²) in [5.74, 6) is -0.671. The first-order valence-electron chi connectivity index (χ1n) is 9.43. The zero-order chi connectivity index (χ0) is 21.0. The minimum atomic E-state index is -0.687. The molecule has 29 heavy (non-hydrogen) atoms. The average Bonchev–Trinajstić information content (AvgIpc) is 3.14. The van der Waals surface area contributed by atoms with Gasteiger partial charge in [0.05, 0.1) is 0 Å². The van der Waals surface area contributed by atoms with Gasteiger partial charge in [0.25, 0.3) is 5.91 Å². The summed E-state index contributed by atoms with van der Waals surface area (Å²) in [4.78, 5) is 25.5. The van der Waals surface area contributed by atoms with Gasteiger partial charge in [0.1, 0.15) is 11.0 Å². The normalized spacial score (nSPS) is 11.9. The van der Waals surface area contributed by atoms with Crippen molar-refractivity contribution in [3.05, 3.63) is 65.2 Å². The Morgan fingerprint density at radius 2 is 1.76 bits per heavy atom. The van der Waals surface area contributed by atoms with Crippen LogP contribution in [-0.2, 0) is 4.79 Å². The van der Waals surface area contributed by atoms with E-state index in [1.165, 1.54) is 11.3 Å². The first-order valence-corrected chi connectivity index (χ1v) is 10.2. The smallest absolute Gasteiger partial charge is 0.252 e. The Hall–Kier alpha value is -3.06. The summed E-state index contributed by atoms with van der Waals surface area (Å²) < 4.78 is 0. The van der Waals surface area contributed by atoms with E-state index in [2.05, 4.69) is 20.8 Å². The molecule has 0 saturated carbocycles. The molecule has 1 aromatic heterocycles. The molecule has 6 nitrogen and oxygen atoms in total. The molecule has 1 atom stereocenters. The maximum absolute atomic E-state index is 12.8. The second-order valence-corrected chi connectivity index (χ2v) is 8.26. The van der Waals surface area contributed by atoms with Gasteiger partial charge in [0.15, 0.2) is 0 Å². The topological polar surface area (TPSA) is 84.0 Å². The summed E-state index contributed by atoms with van der Waals surface area (Å²) in [6.45, 7) is 7.66. The number of carbonyl (C=O) groups is 2. The Labute approximate surface area is 174 Å². The SMILES string of the molecule is Cc1cccc(-c2nnc(NC(=O)C(NC(=O)c3ccccc3C)C(C)C)s2)c1. The molecule has 2 aromatic carbocycles. The third-order valence-electron chi connectivity index (χ3n) is 4.55. The lowest BCUT2D eigenvalue weighted by molar-refractivity contribution is -0.118. The molecular weight excluding hydrogens is 384 g/mol. The van der Waals surface area contributed by atoms with Crippen LogP contribution in [0.1, 0.15) is 35.3 Å². The van der Waals surface area contributed by atoms with Gasteiger partial charge in [-0.1, -0.05) is 67.1 Å². The molecule has 3 aromatic rings. The number of rotatable bonds is 6. The molecule has 1 unspecified atom stereocenters. The van der Waals surface area contributed by atoms with Crippen LogP contribution in [0.15, 0.2) is 48.5 Å². The number of anilines is 1. The summed E-state index contributed by atoms with van der Waals surface area (Å²) in [6.07, 6.45) is 0. The predicted octanol–water partition coefficient (Wildman–Crippen LogP) is 4.22. The maximum Gasteiger partial charge on any atom is 0.252 e. The molecular formula is C22H24N4O2S. The number of hydrogen-bond acceptors (Lipinski definition) is 5. The molecule has 0 aliphatic rings. The van der Waals surface area contributed by atoms with Crippen LogP contribution < -0.4 is 10.6 Å². The number of nitrogens with zero attached hydrogens (tertiary/aromatic N) is 2. The zero-order valence-electron chi connectivity index (χ0n) is 16.9. The molecule has 0 saturated heterocycles. The van der Waals surface area contributed by atoms with Crippen molar-refractivity contribution in [2.24, 2.45) is 5.92 Å². The average molecular weight is 409 g/mol. The molecule has 0 radical (unpaired) electrons. The number of hydrogen-bond donors (Lipinski definition) is 2. The van der Waals surface area contributed by atoms with Gasteiger partial charge < -0.3 is 5.32 Å². The highest BCUT2D eigenvalue weighted by molar-refractivity contribution is 7.18.